The molecule has 0 aliphatic carbocycles. The molecular weight excluding hydrogens is 182 g/mol. The Bertz CT molecular complexity index is 157. The lowest BCUT2D eigenvalue weighted by Gasteiger charge is -2.24. The largest absolute Gasteiger partial charge is 0.389 e. The van der Waals surface area contributed by atoms with E-state index < -0.39 is 6.10 Å². The molecule has 4 nitrogen and oxygen atoms in total. The topological polar surface area (TPSA) is 50.7 Å². The molecular formula is C10H21NO3. The van der Waals surface area contributed by atoms with E-state index in [1.807, 2.05) is 0 Å². The molecule has 1 heterocycles. The summed E-state index contributed by atoms with van der Waals surface area (Å²) in [6.07, 6.45) is 1.81. The van der Waals surface area contributed by atoms with Gasteiger partial charge in [0, 0.05) is 26.8 Å². The highest BCUT2D eigenvalue weighted by Gasteiger charge is 2.29. The number of hydrogen-bond donors (Lipinski definition) is 2. The fraction of sp³-hybridized carbons (Fsp3) is 1.00. The Kier molecular flexibility index (Phi) is 4.81. The van der Waals surface area contributed by atoms with Crippen molar-refractivity contribution < 1.29 is 14.6 Å². The molecule has 2 atom stereocenters. The van der Waals surface area contributed by atoms with Crippen molar-refractivity contribution in [2.24, 2.45) is 0 Å². The van der Waals surface area contributed by atoms with E-state index in [1.54, 1.807) is 7.11 Å². The molecule has 0 aromatic heterocycles. The molecule has 0 aromatic carbocycles. The lowest BCUT2D eigenvalue weighted by molar-refractivity contribution is 0.0146. The van der Waals surface area contributed by atoms with Gasteiger partial charge in [-0.15, -0.1) is 0 Å². The summed E-state index contributed by atoms with van der Waals surface area (Å²) >= 11 is 0. The maximum absolute atomic E-state index is 9.38. The Morgan fingerprint density at radius 2 is 2.43 bits per heavy atom. The predicted octanol–water partition coefficient (Wildman–Crippen LogP) is 0.152. The van der Waals surface area contributed by atoms with Crippen molar-refractivity contribution in [1.82, 2.24) is 5.32 Å². The van der Waals surface area contributed by atoms with E-state index in [9.17, 15) is 5.11 Å². The lowest BCUT2D eigenvalue weighted by Crippen LogP contribution is -2.41. The first-order chi connectivity index (χ1) is 6.66. The van der Waals surface area contributed by atoms with Crippen molar-refractivity contribution in [3.63, 3.8) is 0 Å². The Morgan fingerprint density at radius 1 is 1.64 bits per heavy atom. The highest BCUT2D eigenvalue weighted by Crippen LogP contribution is 2.23. The summed E-state index contributed by atoms with van der Waals surface area (Å²) in [6, 6.07) is 0. The van der Waals surface area contributed by atoms with Crippen molar-refractivity contribution in [3.8, 4) is 0 Å². The molecule has 1 aliphatic rings. The van der Waals surface area contributed by atoms with Crippen molar-refractivity contribution in [1.29, 1.82) is 0 Å². The van der Waals surface area contributed by atoms with Crippen LogP contribution in [-0.4, -0.2) is 50.2 Å². The van der Waals surface area contributed by atoms with Gasteiger partial charge < -0.3 is 19.9 Å². The molecule has 1 rings (SSSR count). The molecule has 0 amide bonds. The Hall–Kier alpha value is -0.160. The van der Waals surface area contributed by atoms with Crippen LogP contribution in [0.1, 0.15) is 19.8 Å². The molecule has 4 heteroatoms. The van der Waals surface area contributed by atoms with Crippen LogP contribution in [0.3, 0.4) is 0 Å². The maximum atomic E-state index is 9.38. The molecule has 0 aromatic rings. The second kappa shape index (κ2) is 5.66. The van der Waals surface area contributed by atoms with Crippen LogP contribution < -0.4 is 5.32 Å². The molecule has 1 aliphatic heterocycles. The van der Waals surface area contributed by atoms with Gasteiger partial charge in [0.15, 0.2) is 0 Å². The number of aliphatic hydroxyl groups excluding tert-OH is 1. The van der Waals surface area contributed by atoms with Gasteiger partial charge in [0.05, 0.1) is 18.3 Å². The number of nitrogens with one attached hydrogen (secondary N) is 1. The lowest BCUT2D eigenvalue weighted by atomic mass is 10.0. The van der Waals surface area contributed by atoms with Crippen LogP contribution in [0.4, 0.5) is 0 Å². The smallest absolute Gasteiger partial charge is 0.0897 e. The standard InChI is InChI=1S/C10H21NO3/c1-10(4-3-5-14-10)8-11-6-9(12)7-13-2/h9,11-12H,3-8H2,1-2H3. The number of rotatable bonds is 6. The number of methoxy groups -OCH3 is 1. The highest BCUT2D eigenvalue weighted by atomic mass is 16.5. The first-order valence-corrected chi connectivity index (χ1v) is 5.18. The van der Waals surface area contributed by atoms with Gasteiger partial charge in [-0.2, -0.15) is 0 Å². The minimum Gasteiger partial charge on any atom is -0.389 e. The van der Waals surface area contributed by atoms with E-state index in [0.717, 1.165) is 26.0 Å². The van der Waals surface area contributed by atoms with Crippen molar-refractivity contribution in [2.45, 2.75) is 31.5 Å². The fourth-order valence-electron chi connectivity index (χ4n) is 1.73. The molecule has 0 bridgehead atoms. The van der Waals surface area contributed by atoms with Crippen LogP contribution in [0.15, 0.2) is 0 Å². The zero-order chi connectivity index (χ0) is 10.4. The molecule has 0 radical (unpaired) electrons. The predicted molar refractivity (Wildman–Crippen MR) is 54.3 cm³/mol. The van der Waals surface area contributed by atoms with Gasteiger partial charge in [0.1, 0.15) is 0 Å². The Labute approximate surface area is 85.6 Å². The molecule has 14 heavy (non-hydrogen) atoms. The van der Waals surface area contributed by atoms with E-state index in [0.29, 0.717) is 13.2 Å². The summed E-state index contributed by atoms with van der Waals surface area (Å²) in [5, 5.41) is 12.6. The van der Waals surface area contributed by atoms with Crippen LogP contribution in [0, 0.1) is 0 Å². The van der Waals surface area contributed by atoms with E-state index in [-0.39, 0.29) is 5.60 Å². The van der Waals surface area contributed by atoms with Gasteiger partial charge in [-0.3, -0.25) is 0 Å². The summed E-state index contributed by atoms with van der Waals surface area (Å²) in [7, 11) is 1.59. The first-order valence-electron chi connectivity index (χ1n) is 5.18. The van der Waals surface area contributed by atoms with Gasteiger partial charge in [0.2, 0.25) is 0 Å². The highest BCUT2D eigenvalue weighted by molar-refractivity contribution is 4.82. The van der Waals surface area contributed by atoms with Crippen LogP contribution in [0.5, 0.6) is 0 Å². The second-order valence-corrected chi connectivity index (χ2v) is 4.14. The monoisotopic (exact) mass is 203 g/mol. The van der Waals surface area contributed by atoms with Gasteiger partial charge in [-0.25, -0.2) is 0 Å². The summed E-state index contributed by atoms with van der Waals surface area (Å²) in [4.78, 5) is 0. The van der Waals surface area contributed by atoms with Crippen LogP contribution in [0.25, 0.3) is 0 Å². The average molecular weight is 203 g/mol. The minimum absolute atomic E-state index is 0.0349. The van der Waals surface area contributed by atoms with Crippen molar-refractivity contribution in [2.75, 3.05) is 33.4 Å². The summed E-state index contributed by atoms with van der Waals surface area (Å²) in [6.45, 7) is 4.71. The summed E-state index contributed by atoms with van der Waals surface area (Å²) in [5.74, 6) is 0. The average Bonchev–Trinajstić information content (AvgIpc) is 2.53. The van der Waals surface area contributed by atoms with E-state index in [1.165, 1.54) is 0 Å². The second-order valence-electron chi connectivity index (χ2n) is 4.14. The molecule has 1 fully saturated rings. The van der Waals surface area contributed by atoms with Gasteiger partial charge in [0.25, 0.3) is 0 Å². The van der Waals surface area contributed by atoms with Crippen LogP contribution in [0.2, 0.25) is 0 Å². The molecule has 2 unspecified atom stereocenters. The van der Waals surface area contributed by atoms with Gasteiger partial charge >= 0.3 is 0 Å². The van der Waals surface area contributed by atoms with Crippen LogP contribution >= 0.6 is 0 Å². The Morgan fingerprint density at radius 3 is 3.00 bits per heavy atom. The summed E-state index contributed by atoms with van der Waals surface area (Å²) in [5.41, 5.74) is -0.0349. The first kappa shape index (κ1) is 11.9. The molecule has 84 valence electrons. The molecule has 0 spiro atoms. The zero-order valence-electron chi connectivity index (χ0n) is 9.08. The third-order valence-corrected chi connectivity index (χ3v) is 2.54. The molecule has 0 saturated carbocycles. The van der Waals surface area contributed by atoms with E-state index in [2.05, 4.69) is 12.2 Å². The van der Waals surface area contributed by atoms with Gasteiger partial charge in [-0.05, 0) is 19.8 Å². The van der Waals surface area contributed by atoms with Gasteiger partial charge in [-0.1, -0.05) is 0 Å². The van der Waals surface area contributed by atoms with E-state index in [4.69, 9.17) is 9.47 Å². The van der Waals surface area contributed by atoms with Crippen molar-refractivity contribution in [3.05, 3.63) is 0 Å². The number of hydrogen-bond acceptors (Lipinski definition) is 4. The quantitative estimate of drug-likeness (QED) is 0.645. The number of ether oxygens (including phenoxy) is 2. The molecule has 1 saturated heterocycles. The third kappa shape index (κ3) is 3.92. The Balaban J connectivity index is 2.08. The number of aliphatic hydroxyl groups is 1. The SMILES string of the molecule is COCC(O)CNCC1(C)CCCO1. The minimum atomic E-state index is -0.426. The van der Waals surface area contributed by atoms with Crippen LogP contribution in [-0.2, 0) is 9.47 Å². The van der Waals surface area contributed by atoms with E-state index >= 15 is 0 Å². The zero-order valence-corrected chi connectivity index (χ0v) is 9.08. The third-order valence-electron chi connectivity index (χ3n) is 2.54. The fourth-order valence-corrected chi connectivity index (χ4v) is 1.73. The van der Waals surface area contributed by atoms with Crippen molar-refractivity contribution >= 4 is 0 Å². The molecule has 2 N–H and O–H groups in total. The summed E-state index contributed by atoms with van der Waals surface area (Å²) < 4.78 is 10.4. The maximum Gasteiger partial charge on any atom is 0.0897 e. The normalized spacial score (nSPS) is 29.4.